The molecule has 0 N–H and O–H groups in total. The predicted molar refractivity (Wildman–Crippen MR) is 34.0 cm³/mol. The predicted octanol–water partition coefficient (Wildman–Crippen LogP) is -0.642. The lowest BCUT2D eigenvalue weighted by Gasteiger charge is -1.83. The number of aromatic nitrogens is 1. The summed E-state index contributed by atoms with van der Waals surface area (Å²) in [5.74, 6) is 0. The highest BCUT2D eigenvalue weighted by Crippen LogP contribution is 1.93. The van der Waals surface area contributed by atoms with Crippen molar-refractivity contribution in [2.45, 2.75) is 6.92 Å². The van der Waals surface area contributed by atoms with E-state index in [1.165, 1.54) is 16.6 Å². The molecule has 2 heterocycles. The molecule has 1 nitrogen and oxygen atoms in total. The Morgan fingerprint density at radius 3 is 3.12 bits per heavy atom. The Morgan fingerprint density at radius 2 is 2.50 bits per heavy atom. The van der Waals surface area contributed by atoms with Gasteiger partial charge in [-0.1, -0.05) is 11.0 Å². The maximum Gasteiger partial charge on any atom is 0.217 e. The molecule has 0 aromatic carbocycles. The van der Waals surface area contributed by atoms with E-state index in [1.807, 2.05) is 12.3 Å². The molecule has 0 bridgehead atoms. The molecule has 2 heteroatoms. The van der Waals surface area contributed by atoms with Crippen LogP contribution in [0.3, 0.4) is 0 Å². The molecule has 37 valence electrons. The number of pyridine rings is 1. The van der Waals surface area contributed by atoms with Gasteiger partial charge in [0.2, 0.25) is 7.28 Å². The summed E-state index contributed by atoms with van der Waals surface area (Å²) < 4.78 is 0. The van der Waals surface area contributed by atoms with Crippen LogP contribution in [0.5, 0.6) is 0 Å². The fourth-order valence-electron chi connectivity index (χ4n) is 0.842. The van der Waals surface area contributed by atoms with Crippen LogP contribution < -0.4 is 11.1 Å². The second-order valence-electron chi connectivity index (χ2n) is 2.07. The second-order valence-corrected chi connectivity index (χ2v) is 2.07. The molecule has 1 aliphatic rings. The lowest BCUT2D eigenvalue weighted by Crippen LogP contribution is -1.96. The van der Waals surface area contributed by atoms with Gasteiger partial charge in [-0.3, -0.25) is 4.98 Å². The standard InChI is InChI=1S/C6H5BN/c1-4-2-3-8-6-5(4)7-6/h2-3H,1H3. The topological polar surface area (TPSA) is 12.9 Å². The molecule has 0 spiro atoms. The van der Waals surface area contributed by atoms with E-state index in [4.69, 9.17) is 0 Å². The molecule has 2 rings (SSSR count). The monoisotopic (exact) mass is 102 g/mol. The van der Waals surface area contributed by atoms with E-state index in [9.17, 15) is 0 Å². The van der Waals surface area contributed by atoms with Crippen molar-refractivity contribution in [2.75, 3.05) is 0 Å². The molecule has 0 saturated heterocycles. The van der Waals surface area contributed by atoms with Crippen molar-refractivity contribution in [3.8, 4) is 0 Å². The molecular formula is C6H5BN. The molecule has 0 atom stereocenters. The highest BCUT2D eigenvalue weighted by molar-refractivity contribution is 6.86. The highest BCUT2D eigenvalue weighted by atomic mass is 14.7. The first-order chi connectivity index (χ1) is 3.88. The maximum atomic E-state index is 4.08. The summed E-state index contributed by atoms with van der Waals surface area (Å²) in [6, 6.07) is 2.03. The fourth-order valence-corrected chi connectivity index (χ4v) is 0.842. The van der Waals surface area contributed by atoms with Gasteiger partial charge in [0.15, 0.2) is 0 Å². The normalized spacial score (nSPS) is 12.1. The van der Waals surface area contributed by atoms with E-state index in [2.05, 4.69) is 19.2 Å². The number of hydrogen-bond acceptors (Lipinski definition) is 1. The summed E-state index contributed by atoms with van der Waals surface area (Å²) in [7, 11) is 2.09. The Bertz CT molecular complexity index is 232. The van der Waals surface area contributed by atoms with Crippen molar-refractivity contribution in [3.63, 3.8) is 0 Å². The van der Waals surface area contributed by atoms with Crippen LogP contribution in [0.25, 0.3) is 0 Å². The van der Waals surface area contributed by atoms with Crippen molar-refractivity contribution < 1.29 is 0 Å². The fraction of sp³-hybridized carbons (Fsp3) is 0.167. The van der Waals surface area contributed by atoms with Gasteiger partial charge in [0.25, 0.3) is 0 Å². The Morgan fingerprint density at radius 1 is 1.62 bits per heavy atom. The number of fused-ring (bicyclic) bond motifs is 1. The maximum absolute atomic E-state index is 4.08. The van der Waals surface area contributed by atoms with Gasteiger partial charge in [0.05, 0.1) is 0 Å². The van der Waals surface area contributed by atoms with Gasteiger partial charge < -0.3 is 0 Å². The van der Waals surface area contributed by atoms with Crippen LogP contribution in [0.15, 0.2) is 12.3 Å². The number of aryl methyl sites for hydroxylation is 1. The van der Waals surface area contributed by atoms with Crippen LogP contribution in [-0.2, 0) is 0 Å². The third-order valence-corrected chi connectivity index (χ3v) is 1.44. The van der Waals surface area contributed by atoms with Crippen LogP contribution in [-0.4, -0.2) is 12.3 Å². The van der Waals surface area contributed by atoms with Gasteiger partial charge in [-0.2, -0.15) is 0 Å². The molecule has 1 aliphatic heterocycles. The minimum absolute atomic E-state index is 1.17. The third kappa shape index (κ3) is 0.400. The molecule has 1 radical (unpaired) electrons. The third-order valence-electron chi connectivity index (χ3n) is 1.44. The van der Waals surface area contributed by atoms with Gasteiger partial charge in [0.1, 0.15) is 0 Å². The van der Waals surface area contributed by atoms with Crippen molar-refractivity contribution in [1.82, 2.24) is 4.98 Å². The zero-order valence-electron chi connectivity index (χ0n) is 4.68. The summed E-state index contributed by atoms with van der Waals surface area (Å²) >= 11 is 0. The largest absolute Gasteiger partial charge is 0.272 e. The van der Waals surface area contributed by atoms with Crippen molar-refractivity contribution in [2.24, 2.45) is 0 Å². The zero-order valence-corrected chi connectivity index (χ0v) is 4.68. The summed E-state index contributed by atoms with van der Waals surface area (Å²) in [6.45, 7) is 2.10. The Hall–Kier alpha value is -0.785. The average molecular weight is 102 g/mol. The number of rotatable bonds is 0. The van der Waals surface area contributed by atoms with Crippen LogP contribution in [0.1, 0.15) is 5.56 Å². The molecular weight excluding hydrogens is 96.9 g/mol. The lowest BCUT2D eigenvalue weighted by molar-refractivity contribution is 1.39. The molecule has 0 fully saturated rings. The van der Waals surface area contributed by atoms with E-state index in [1.54, 1.807) is 0 Å². The molecule has 1 aromatic rings. The Labute approximate surface area is 49.0 Å². The number of hydrogen-bond donors (Lipinski definition) is 0. The Kier molecular flexibility index (Phi) is 0.585. The zero-order chi connectivity index (χ0) is 5.56. The Balaban J connectivity index is 2.70. The van der Waals surface area contributed by atoms with Crippen molar-refractivity contribution in [3.05, 3.63) is 17.8 Å². The van der Waals surface area contributed by atoms with E-state index in [0.29, 0.717) is 0 Å². The lowest BCUT2D eigenvalue weighted by atomic mass is 9.99. The number of nitrogens with zero attached hydrogens (tertiary/aromatic N) is 1. The summed E-state index contributed by atoms with van der Waals surface area (Å²) in [5.41, 5.74) is 3.85. The minimum Gasteiger partial charge on any atom is -0.272 e. The van der Waals surface area contributed by atoms with E-state index >= 15 is 0 Å². The van der Waals surface area contributed by atoms with Crippen molar-refractivity contribution in [1.29, 1.82) is 0 Å². The molecule has 0 amide bonds. The van der Waals surface area contributed by atoms with E-state index in [0.717, 1.165) is 0 Å². The first kappa shape index (κ1) is 4.13. The van der Waals surface area contributed by atoms with Crippen LogP contribution in [0.2, 0.25) is 0 Å². The van der Waals surface area contributed by atoms with Crippen LogP contribution in [0.4, 0.5) is 0 Å². The first-order valence-electron chi connectivity index (χ1n) is 2.68. The SMILES string of the molecule is Cc1ccnc2c1[B]2. The van der Waals surface area contributed by atoms with Crippen LogP contribution >= 0.6 is 0 Å². The summed E-state index contributed by atoms with van der Waals surface area (Å²) in [5, 5.41) is 0. The van der Waals surface area contributed by atoms with Gasteiger partial charge >= 0.3 is 0 Å². The molecule has 8 heavy (non-hydrogen) atoms. The summed E-state index contributed by atoms with van der Waals surface area (Å²) in [4.78, 5) is 4.08. The smallest absolute Gasteiger partial charge is 0.217 e. The molecule has 0 aliphatic carbocycles. The van der Waals surface area contributed by atoms with E-state index in [-0.39, 0.29) is 0 Å². The van der Waals surface area contributed by atoms with Gasteiger partial charge in [0, 0.05) is 6.20 Å². The average Bonchev–Trinajstić information content (AvgIpc) is 2.45. The minimum atomic E-state index is 1.17. The van der Waals surface area contributed by atoms with Crippen LogP contribution in [0, 0.1) is 6.92 Å². The molecule has 0 unspecified atom stereocenters. The van der Waals surface area contributed by atoms with E-state index < -0.39 is 0 Å². The van der Waals surface area contributed by atoms with Gasteiger partial charge in [-0.05, 0) is 18.6 Å². The van der Waals surface area contributed by atoms with Crippen molar-refractivity contribution >= 4 is 18.3 Å². The first-order valence-corrected chi connectivity index (χ1v) is 2.68. The molecule has 0 saturated carbocycles. The van der Waals surface area contributed by atoms with Gasteiger partial charge in [-0.15, -0.1) is 0 Å². The summed E-state index contributed by atoms with van der Waals surface area (Å²) in [6.07, 6.45) is 1.84. The quantitative estimate of drug-likeness (QED) is 0.403. The second kappa shape index (κ2) is 1.13. The van der Waals surface area contributed by atoms with Gasteiger partial charge in [-0.25, -0.2) is 0 Å². The molecule has 1 aromatic heterocycles. The highest BCUT2D eigenvalue weighted by Gasteiger charge is 2.21.